The van der Waals surface area contributed by atoms with Gasteiger partial charge in [0.2, 0.25) is 0 Å². The molecule has 23 heavy (non-hydrogen) atoms. The molecular formula is C17H19F2N3S. The molecule has 0 saturated heterocycles. The Morgan fingerprint density at radius 2 is 1.87 bits per heavy atom. The van der Waals surface area contributed by atoms with Gasteiger partial charge in [0.25, 0.3) is 0 Å². The minimum absolute atomic E-state index is 0.0175. The predicted molar refractivity (Wildman–Crippen MR) is 92.1 cm³/mol. The molecule has 0 atom stereocenters. The fraction of sp³-hybridized carbons (Fsp3) is 0.294. The van der Waals surface area contributed by atoms with E-state index in [-0.39, 0.29) is 33.1 Å². The summed E-state index contributed by atoms with van der Waals surface area (Å²) >= 11 is 1.43. The molecule has 1 aromatic heterocycles. The molecule has 3 nitrogen and oxygen atoms in total. The van der Waals surface area contributed by atoms with E-state index in [4.69, 9.17) is 11.1 Å². The lowest BCUT2D eigenvalue weighted by Gasteiger charge is -2.20. The van der Waals surface area contributed by atoms with E-state index in [1.54, 1.807) is 12.1 Å². The van der Waals surface area contributed by atoms with Crippen LogP contribution in [-0.4, -0.2) is 15.4 Å². The van der Waals surface area contributed by atoms with E-state index in [1.165, 1.54) is 24.8 Å². The number of pyridine rings is 1. The lowest BCUT2D eigenvalue weighted by atomic mass is 10.1. The van der Waals surface area contributed by atoms with Crippen LogP contribution < -0.4 is 5.73 Å². The van der Waals surface area contributed by atoms with Crippen LogP contribution >= 0.6 is 11.8 Å². The number of hydrogen-bond donors (Lipinski definition) is 2. The molecule has 2 rings (SSSR count). The molecular weight excluding hydrogens is 316 g/mol. The van der Waals surface area contributed by atoms with Crippen LogP contribution in [0.4, 0.5) is 14.6 Å². The Labute approximate surface area is 138 Å². The summed E-state index contributed by atoms with van der Waals surface area (Å²) in [6.45, 7) is 7.47. The highest BCUT2D eigenvalue weighted by molar-refractivity contribution is 8.00. The minimum atomic E-state index is -0.693. The molecule has 2 aromatic rings. The molecule has 0 aliphatic rings. The van der Waals surface area contributed by atoms with Gasteiger partial charge >= 0.3 is 0 Å². The lowest BCUT2D eigenvalue weighted by Crippen LogP contribution is -2.09. The number of nitrogens with two attached hydrogens (primary N) is 1. The van der Waals surface area contributed by atoms with Gasteiger partial charge in [0.05, 0.1) is 5.56 Å². The van der Waals surface area contributed by atoms with E-state index in [0.717, 1.165) is 6.07 Å². The summed E-state index contributed by atoms with van der Waals surface area (Å²) in [4.78, 5) is 4.62. The summed E-state index contributed by atoms with van der Waals surface area (Å²) < 4.78 is 28.7. The van der Waals surface area contributed by atoms with Crippen LogP contribution in [-0.2, 0) is 0 Å². The third kappa shape index (κ3) is 3.88. The zero-order chi connectivity index (χ0) is 17.4. The number of anilines is 1. The van der Waals surface area contributed by atoms with Crippen LogP contribution in [0.5, 0.6) is 0 Å². The van der Waals surface area contributed by atoms with Crippen molar-refractivity contribution >= 4 is 23.3 Å². The zero-order valence-electron chi connectivity index (χ0n) is 13.5. The molecule has 0 amide bonds. The van der Waals surface area contributed by atoms with Crippen LogP contribution in [0.1, 0.15) is 33.3 Å². The van der Waals surface area contributed by atoms with Crippen LogP contribution in [0.25, 0.3) is 11.3 Å². The van der Waals surface area contributed by atoms with Gasteiger partial charge in [-0.1, -0.05) is 26.8 Å². The van der Waals surface area contributed by atoms with Crippen molar-refractivity contribution in [3.05, 3.63) is 41.5 Å². The van der Waals surface area contributed by atoms with E-state index in [0.29, 0.717) is 4.90 Å². The number of benzene rings is 1. The SMILES string of the molecule is CC(=N)c1cc(F)c(-c2c(F)cccc2SC(C)(C)C)nc1N. The van der Waals surface area contributed by atoms with Crippen molar-refractivity contribution in [1.29, 1.82) is 5.41 Å². The van der Waals surface area contributed by atoms with Gasteiger partial charge in [-0.05, 0) is 25.1 Å². The maximum atomic E-state index is 14.5. The minimum Gasteiger partial charge on any atom is -0.383 e. The number of halogens is 2. The van der Waals surface area contributed by atoms with Crippen molar-refractivity contribution in [3.63, 3.8) is 0 Å². The Balaban J connectivity index is 2.67. The van der Waals surface area contributed by atoms with Crippen molar-refractivity contribution in [2.45, 2.75) is 37.3 Å². The van der Waals surface area contributed by atoms with E-state index in [9.17, 15) is 8.78 Å². The molecule has 0 saturated carbocycles. The van der Waals surface area contributed by atoms with Gasteiger partial charge in [0, 0.05) is 20.9 Å². The molecule has 3 N–H and O–H groups in total. The van der Waals surface area contributed by atoms with E-state index < -0.39 is 11.6 Å². The number of nitrogens with zero attached hydrogens (tertiary/aromatic N) is 1. The topological polar surface area (TPSA) is 62.8 Å². The average molecular weight is 335 g/mol. The Morgan fingerprint density at radius 3 is 2.43 bits per heavy atom. The highest BCUT2D eigenvalue weighted by Gasteiger charge is 2.22. The predicted octanol–water partition coefficient (Wildman–Crippen LogP) is 4.89. The van der Waals surface area contributed by atoms with Crippen LogP contribution in [0.3, 0.4) is 0 Å². The van der Waals surface area contributed by atoms with Gasteiger partial charge in [0.15, 0.2) is 0 Å². The summed E-state index contributed by atoms with van der Waals surface area (Å²) in [5, 5.41) is 7.59. The van der Waals surface area contributed by atoms with Gasteiger partial charge in [0.1, 0.15) is 23.1 Å². The van der Waals surface area contributed by atoms with Crippen molar-refractivity contribution < 1.29 is 8.78 Å². The maximum Gasteiger partial charge on any atom is 0.150 e. The second-order valence-corrected chi connectivity index (χ2v) is 8.07. The Kier molecular flexibility index (Phi) is 4.75. The molecule has 0 bridgehead atoms. The third-order valence-corrected chi connectivity index (χ3v) is 4.21. The number of hydrogen-bond acceptors (Lipinski definition) is 4. The van der Waals surface area contributed by atoms with E-state index in [2.05, 4.69) is 4.98 Å². The number of nitrogens with one attached hydrogen (secondary N) is 1. The summed E-state index contributed by atoms with van der Waals surface area (Å²) in [6, 6.07) is 5.73. The van der Waals surface area contributed by atoms with Gasteiger partial charge in [-0.2, -0.15) is 0 Å². The fourth-order valence-electron chi connectivity index (χ4n) is 2.13. The molecule has 1 heterocycles. The summed E-state index contributed by atoms with van der Waals surface area (Å²) in [5.74, 6) is -1.23. The monoisotopic (exact) mass is 335 g/mol. The van der Waals surface area contributed by atoms with Gasteiger partial charge in [-0.15, -0.1) is 11.8 Å². The summed E-state index contributed by atoms with van der Waals surface area (Å²) in [5.41, 5.74) is 6.11. The van der Waals surface area contributed by atoms with E-state index >= 15 is 0 Å². The number of rotatable bonds is 3. The molecule has 1 aromatic carbocycles. The van der Waals surface area contributed by atoms with Gasteiger partial charge < -0.3 is 11.1 Å². The molecule has 0 radical (unpaired) electrons. The first-order chi connectivity index (χ1) is 10.6. The largest absolute Gasteiger partial charge is 0.383 e. The smallest absolute Gasteiger partial charge is 0.150 e. The van der Waals surface area contributed by atoms with E-state index in [1.807, 2.05) is 20.8 Å². The lowest BCUT2D eigenvalue weighted by molar-refractivity contribution is 0.609. The summed E-state index contributed by atoms with van der Waals surface area (Å²) in [6.07, 6.45) is 0. The van der Waals surface area contributed by atoms with Crippen molar-refractivity contribution in [2.24, 2.45) is 0 Å². The standard InChI is InChI=1S/C17H19F2N3S/c1-9(20)10-8-12(19)15(22-16(10)21)14-11(18)6-5-7-13(14)23-17(2,3)4/h5-8,20H,1-4H3,(H2,21,22). The molecule has 0 spiro atoms. The molecule has 122 valence electrons. The maximum absolute atomic E-state index is 14.5. The molecule has 6 heteroatoms. The average Bonchev–Trinajstić information content (AvgIpc) is 2.39. The first-order valence-corrected chi connectivity index (χ1v) is 7.91. The van der Waals surface area contributed by atoms with Gasteiger partial charge in [-0.25, -0.2) is 13.8 Å². The molecule has 0 aliphatic heterocycles. The highest BCUT2D eigenvalue weighted by Crippen LogP contribution is 2.40. The number of thioether (sulfide) groups is 1. The van der Waals surface area contributed by atoms with Gasteiger partial charge in [-0.3, -0.25) is 0 Å². The molecule has 0 aliphatic carbocycles. The van der Waals surface area contributed by atoms with Crippen LogP contribution in [0.2, 0.25) is 0 Å². The first kappa shape index (κ1) is 17.4. The Morgan fingerprint density at radius 1 is 1.22 bits per heavy atom. The second-order valence-electron chi connectivity index (χ2n) is 6.20. The molecule has 0 unspecified atom stereocenters. The van der Waals surface area contributed by atoms with Crippen molar-refractivity contribution in [1.82, 2.24) is 4.98 Å². The van der Waals surface area contributed by atoms with Crippen molar-refractivity contribution in [3.8, 4) is 11.3 Å². The van der Waals surface area contributed by atoms with Crippen LogP contribution in [0, 0.1) is 17.0 Å². The third-order valence-electron chi connectivity index (χ3n) is 3.04. The normalized spacial score (nSPS) is 11.6. The van der Waals surface area contributed by atoms with Crippen LogP contribution in [0.15, 0.2) is 29.2 Å². The second kappa shape index (κ2) is 6.28. The quantitative estimate of drug-likeness (QED) is 0.620. The summed E-state index contributed by atoms with van der Waals surface area (Å²) in [7, 11) is 0. The molecule has 0 fully saturated rings. The van der Waals surface area contributed by atoms with Crippen molar-refractivity contribution in [2.75, 3.05) is 5.73 Å². The zero-order valence-corrected chi connectivity index (χ0v) is 14.3. The Bertz CT molecular complexity index is 767. The number of nitrogen functional groups attached to an aromatic ring is 1. The first-order valence-electron chi connectivity index (χ1n) is 7.09. The Hall–Kier alpha value is -1.95. The highest BCUT2D eigenvalue weighted by atomic mass is 32.2. The fourth-order valence-corrected chi connectivity index (χ4v) is 3.23. The number of aromatic nitrogens is 1.